The number of aliphatic hydroxyl groups is 1. The summed E-state index contributed by atoms with van der Waals surface area (Å²) in [6.07, 6.45) is 2.95. The van der Waals surface area contributed by atoms with Crippen molar-refractivity contribution >= 4 is 5.91 Å². The van der Waals surface area contributed by atoms with Crippen molar-refractivity contribution in [2.24, 2.45) is 11.7 Å². The number of carbonyl (C=O) groups is 1. The predicted octanol–water partition coefficient (Wildman–Crippen LogP) is 1.54. The minimum absolute atomic E-state index is 0.156. The van der Waals surface area contributed by atoms with Gasteiger partial charge >= 0.3 is 0 Å². The molecule has 0 saturated carbocycles. The van der Waals surface area contributed by atoms with E-state index in [1.165, 1.54) is 5.56 Å². The normalized spacial score (nSPS) is 32.1. The molecule has 0 spiro atoms. The number of benzene rings is 1. The molecular formula is C18H26N2O3. The lowest BCUT2D eigenvalue weighted by Gasteiger charge is -2.43. The van der Waals surface area contributed by atoms with Crippen molar-refractivity contribution in [1.82, 2.24) is 4.90 Å². The molecule has 3 rings (SSSR count). The van der Waals surface area contributed by atoms with Crippen LogP contribution in [0.2, 0.25) is 0 Å². The van der Waals surface area contributed by atoms with Gasteiger partial charge in [-0.25, -0.2) is 0 Å². The molecule has 0 bridgehead atoms. The van der Waals surface area contributed by atoms with E-state index in [2.05, 4.69) is 4.90 Å². The Kier molecular flexibility index (Phi) is 4.71. The van der Waals surface area contributed by atoms with Gasteiger partial charge in [0.25, 0.3) is 0 Å². The fourth-order valence-electron chi connectivity index (χ4n) is 3.89. The maximum atomic E-state index is 11.2. The van der Waals surface area contributed by atoms with Crippen LogP contribution in [0.4, 0.5) is 0 Å². The van der Waals surface area contributed by atoms with E-state index < -0.39 is 11.5 Å². The highest BCUT2D eigenvalue weighted by Crippen LogP contribution is 2.36. The van der Waals surface area contributed by atoms with Gasteiger partial charge in [-0.2, -0.15) is 0 Å². The number of carbonyl (C=O) groups excluding carboxylic acids is 1. The van der Waals surface area contributed by atoms with E-state index in [0.29, 0.717) is 31.2 Å². The van der Waals surface area contributed by atoms with E-state index in [1.54, 1.807) is 12.1 Å². The Morgan fingerprint density at radius 1 is 1.43 bits per heavy atom. The Balaban J connectivity index is 1.70. The Labute approximate surface area is 137 Å². The summed E-state index contributed by atoms with van der Waals surface area (Å²) in [6, 6.07) is 7.84. The highest BCUT2D eigenvalue weighted by Gasteiger charge is 2.43. The van der Waals surface area contributed by atoms with Gasteiger partial charge in [0, 0.05) is 30.7 Å². The highest BCUT2D eigenvalue weighted by molar-refractivity contribution is 5.92. The van der Waals surface area contributed by atoms with Gasteiger partial charge in [-0.15, -0.1) is 0 Å². The molecule has 126 valence electrons. The van der Waals surface area contributed by atoms with Crippen LogP contribution in [-0.4, -0.2) is 47.3 Å². The number of hydrogen-bond acceptors (Lipinski definition) is 4. The zero-order valence-electron chi connectivity index (χ0n) is 13.7. The summed E-state index contributed by atoms with van der Waals surface area (Å²) in [5.74, 6) is -0.241. The number of nitrogens with zero attached hydrogens (tertiary/aromatic N) is 1. The molecule has 2 aliphatic heterocycles. The Morgan fingerprint density at radius 2 is 2.17 bits per heavy atom. The van der Waals surface area contributed by atoms with Gasteiger partial charge in [0.05, 0.1) is 12.2 Å². The zero-order valence-corrected chi connectivity index (χ0v) is 13.7. The van der Waals surface area contributed by atoms with Gasteiger partial charge in [0.1, 0.15) is 0 Å². The molecule has 3 N–H and O–H groups in total. The van der Waals surface area contributed by atoms with Gasteiger partial charge in [0.2, 0.25) is 5.91 Å². The Morgan fingerprint density at radius 3 is 2.83 bits per heavy atom. The first-order chi connectivity index (χ1) is 11.0. The van der Waals surface area contributed by atoms with E-state index in [9.17, 15) is 9.90 Å². The molecule has 2 heterocycles. The average Bonchev–Trinajstić information content (AvgIpc) is 2.95. The second-order valence-corrected chi connectivity index (χ2v) is 7.03. The number of rotatable bonds is 4. The van der Waals surface area contributed by atoms with Crippen molar-refractivity contribution < 1.29 is 14.6 Å². The van der Waals surface area contributed by atoms with E-state index in [0.717, 1.165) is 25.9 Å². The van der Waals surface area contributed by atoms with E-state index >= 15 is 0 Å². The highest BCUT2D eigenvalue weighted by atomic mass is 16.5. The molecule has 0 unspecified atom stereocenters. The second kappa shape index (κ2) is 6.59. The van der Waals surface area contributed by atoms with Crippen molar-refractivity contribution in [1.29, 1.82) is 0 Å². The largest absolute Gasteiger partial charge is 0.390 e. The summed E-state index contributed by atoms with van der Waals surface area (Å²) in [6.45, 7) is 5.09. The molecule has 2 fully saturated rings. The lowest BCUT2D eigenvalue weighted by Crippen LogP contribution is -2.52. The molecule has 23 heavy (non-hydrogen) atoms. The minimum atomic E-state index is -0.651. The fourth-order valence-corrected chi connectivity index (χ4v) is 3.89. The second-order valence-electron chi connectivity index (χ2n) is 7.03. The molecule has 5 nitrogen and oxygen atoms in total. The van der Waals surface area contributed by atoms with Crippen LogP contribution in [0, 0.1) is 5.92 Å². The average molecular weight is 318 g/mol. The van der Waals surface area contributed by atoms with Crippen molar-refractivity contribution in [2.45, 2.75) is 44.4 Å². The minimum Gasteiger partial charge on any atom is -0.390 e. The first-order valence-corrected chi connectivity index (χ1v) is 8.40. The van der Waals surface area contributed by atoms with Crippen molar-refractivity contribution in [3.63, 3.8) is 0 Å². The van der Waals surface area contributed by atoms with Crippen LogP contribution in [-0.2, 0) is 11.3 Å². The third-order valence-corrected chi connectivity index (χ3v) is 5.35. The smallest absolute Gasteiger partial charge is 0.248 e. The lowest BCUT2D eigenvalue weighted by molar-refractivity contribution is -0.123. The first-order valence-electron chi connectivity index (χ1n) is 8.40. The molecule has 2 aliphatic rings. The number of amides is 1. The Bertz CT molecular complexity index is 556. The number of hydrogen-bond donors (Lipinski definition) is 2. The standard InChI is InChI=1S/C18H26N2O3/c1-18(22)8-10-23-12-15(18)16-3-2-9-20(16)11-13-4-6-14(7-5-13)17(19)21/h4-7,15-16,22H,2-3,8-12H2,1H3,(H2,19,21)/t15-,16+,18+/m1/s1. The maximum Gasteiger partial charge on any atom is 0.248 e. The van der Waals surface area contributed by atoms with Gasteiger partial charge in [-0.1, -0.05) is 12.1 Å². The third-order valence-electron chi connectivity index (χ3n) is 5.35. The van der Waals surface area contributed by atoms with Crippen molar-refractivity contribution in [3.05, 3.63) is 35.4 Å². The monoisotopic (exact) mass is 318 g/mol. The molecule has 1 amide bonds. The van der Waals surface area contributed by atoms with E-state index in [4.69, 9.17) is 10.5 Å². The van der Waals surface area contributed by atoms with Crippen LogP contribution in [0.1, 0.15) is 42.1 Å². The fraction of sp³-hybridized carbons (Fsp3) is 0.611. The molecule has 3 atom stereocenters. The van der Waals surface area contributed by atoms with Gasteiger partial charge < -0.3 is 15.6 Å². The topological polar surface area (TPSA) is 75.8 Å². The predicted molar refractivity (Wildman–Crippen MR) is 87.9 cm³/mol. The molecule has 0 radical (unpaired) electrons. The maximum absolute atomic E-state index is 11.2. The molecular weight excluding hydrogens is 292 g/mol. The van der Waals surface area contributed by atoms with Gasteiger partial charge in [-0.3, -0.25) is 9.69 Å². The zero-order chi connectivity index (χ0) is 16.4. The quantitative estimate of drug-likeness (QED) is 0.883. The number of nitrogens with two attached hydrogens (primary N) is 1. The molecule has 1 aromatic rings. The summed E-state index contributed by atoms with van der Waals surface area (Å²) in [7, 11) is 0. The van der Waals surface area contributed by atoms with Crippen LogP contribution >= 0.6 is 0 Å². The first kappa shape index (κ1) is 16.4. The number of likely N-dealkylation sites (tertiary alicyclic amines) is 1. The van der Waals surface area contributed by atoms with E-state index in [-0.39, 0.29) is 5.92 Å². The molecule has 1 aromatic carbocycles. The molecule has 2 saturated heterocycles. The summed E-state index contributed by atoms with van der Waals surface area (Å²) >= 11 is 0. The van der Waals surface area contributed by atoms with Crippen molar-refractivity contribution in [3.8, 4) is 0 Å². The number of ether oxygens (including phenoxy) is 1. The van der Waals surface area contributed by atoms with Gasteiger partial charge in [0.15, 0.2) is 0 Å². The van der Waals surface area contributed by atoms with Crippen LogP contribution in [0.5, 0.6) is 0 Å². The molecule has 0 aliphatic carbocycles. The van der Waals surface area contributed by atoms with Crippen LogP contribution in [0.15, 0.2) is 24.3 Å². The number of primary amides is 1. The third kappa shape index (κ3) is 3.57. The van der Waals surface area contributed by atoms with E-state index in [1.807, 2.05) is 19.1 Å². The van der Waals surface area contributed by atoms with Crippen LogP contribution in [0.25, 0.3) is 0 Å². The van der Waals surface area contributed by atoms with Crippen LogP contribution < -0.4 is 5.73 Å². The van der Waals surface area contributed by atoms with Crippen molar-refractivity contribution in [2.75, 3.05) is 19.8 Å². The molecule has 0 aromatic heterocycles. The summed E-state index contributed by atoms with van der Waals surface area (Å²) in [5, 5.41) is 10.7. The Hall–Kier alpha value is -1.43. The SMILES string of the molecule is C[C@]1(O)CCOC[C@@H]1[C@@H]1CCCN1Cc1ccc(C(N)=O)cc1. The summed E-state index contributed by atoms with van der Waals surface area (Å²) < 4.78 is 5.63. The molecule has 5 heteroatoms. The summed E-state index contributed by atoms with van der Waals surface area (Å²) in [5.41, 5.74) is 6.34. The van der Waals surface area contributed by atoms with Gasteiger partial charge in [-0.05, 0) is 50.4 Å². The summed E-state index contributed by atoms with van der Waals surface area (Å²) in [4.78, 5) is 13.6. The van der Waals surface area contributed by atoms with Crippen LogP contribution in [0.3, 0.4) is 0 Å². The lowest BCUT2D eigenvalue weighted by atomic mass is 9.79.